The third kappa shape index (κ3) is 3.41. The first-order valence-corrected chi connectivity index (χ1v) is 8.43. The van der Waals surface area contributed by atoms with E-state index in [1.54, 1.807) is 19.4 Å². The van der Waals surface area contributed by atoms with Gasteiger partial charge in [0.05, 0.1) is 11.0 Å². The topological polar surface area (TPSA) is 74.4 Å². The number of sulfonamides is 1. The second-order valence-corrected chi connectivity index (χ2v) is 6.98. The zero-order valence-electron chi connectivity index (χ0n) is 12.1. The summed E-state index contributed by atoms with van der Waals surface area (Å²) in [5.41, 5.74) is 0.888. The molecule has 0 aliphatic carbocycles. The third-order valence-electron chi connectivity index (χ3n) is 3.54. The minimum atomic E-state index is -3.40. The summed E-state index contributed by atoms with van der Waals surface area (Å²) >= 11 is 0. The number of methoxy groups -OCH3 is 1. The van der Waals surface area contributed by atoms with Crippen molar-refractivity contribution in [1.82, 2.24) is 14.6 Å². The molecule has 2 rings (SSSR count). The number of nitrogens with zero attached hydrogens (tertiary/aromatic N) is 1. The highest BCUT2D eigenvalue weighted by molar-refractivity contribution is 7.89. The maximum atomic E-state index is 12.5. The summed E-state index contributed by atoms with van der Waals surface area (Å²) in [5.74, 6) is 0. The van der Waals surface area contributed by atoms with Crippen molar-refractivity contribution in [1.29, 1.82) is 0 Å². The Morgan fingerprint density at radius 2 is 2.35 bits per heavy atom. The van der Waals surface area contributed by atoms with Crippen LogP contribution < -0.4 is 5.32 Å². The van der Waals surface area contributed by atoms with Crippen LogP contribution in [-0.4, -0.2) is 50.6 Å². The Labute approximate surface area is 120 Å². The molecule has 1 unspecified atom stereocenters. The predicted octanol–water partition coefficient (Wildman–Crippen LogP) is 0.924. The molecule has 1 saturated heterocycles. The van der Waals surface area contributed by atoms with Gasteiger partial charge in [0.15, 0.2) is 0 Å². The molecule has 1 aliphatic rings. The van der Waals surface area contributed by atoms with Gasteiger partial charge in [0.25, 0.3) is 0 Å². The number of rotatable bonds is 7. The Bertz CT molecular complexity index is 527. The Hall–Kier alpha value is -0.890. The van der Waals surface area contributed by atoms with Crippen LogP contribution in [0.1, 0.15) is 25.5 Å². The molecule has 1 atom stereocenters. The zero-order valence-corrected chi connectivity index (χ0v) is 12.9. The molecule has 6 nitrogen and oxygen atoms in total. The molecule has 0 spiro atoms. The lowest BCUT2D eigenvalue weighted by atomic mass is 10.3. The Morgan fingerprint density at radius 3 is 3.00 bits per heavy atom. The predicted molar refractivity (Wildman–Crippen MR) is 77.0 cm³/mol. The first-order valence-electron chi connectivity index (χ1n) is 6.99. The molecular formula is C13H23N3O3S. The highest BCUT2D eigenvalue weighted by Crippen LogP contribution is 2.22. The molecule has 0 saturated carbocycles. The smallest absolute Gasteiger partial charge is 0.244 e. The lowest BCUT2D eigenvalue weighted by molar-refractivity contribution is 0.115. The van der Waals surface area contributed by atoms with Gasteiger partial charge in [-0.15, -0.1) is 0 Å². The van der Waals surface area contributed by atoms with Crippen LogP contribution in [0.5, 0.6) is 0 Å². The molecule has 1 fully saturated rings. The van der Waals surface area contributed by atoms with Gasteiger partial charge in [-0.25, -0.2) is 8.42 Å². The van der Waals surface area contributed by atoms with E-state index in [0.29, 0.717) is 24.5 Å². The lowest BCUT2D eigenvalue weighted by Crippen LogP contribution is -2.29. The van der Waals surface area contributed by atoms with Crippen LogP contribution in [0.2, 0.25) is 0 Å². The highest BCUT2D eigenvalue weighted by atomic mass is 32.2. The summed E-state index contributed by atoms with van der Waals surface area (Å²) in [6.45, 7) is 4.63. The van der Waals surface area contributed by atoms with E-state index >= 15 is 0 Å². The van der Waals surface area contributed by atoms with Crippen molar-refractivity contribution in [3.05, 3.63) is 18.0 Å². The van der Waals surface area contributed by atoms with Crippen LogP contribution in [0.15, 0.2) is 17.2 Å². The monoisotopic (exact) mass is 301 g/mol. The van der Waals surface area contributed by atoms with Gasteiger partial charge in [-0.05, 0) is 25.5 Å². The molecular weight excluding hydrogens is 278 g/mol. The summed E-state index contributed by atoms with van der Waals surface area (Å²) in [6, 6.07) is 1.71. The van der Waals surface area contributed by atoms with Crippen LogP contribution in [-0.2, 0) is 21.3 Å². The van der Waals surface area contributed by atoms with Crippen molar-refractivity contribution in [2.24, 2.45) is 0 Å². The van der Waals surface area contributed by atoms with E-state index in [1.165, 1.54) is 4.31 Å². The maximum absolute atomic E-state index is 12.5. The summed E-state index contributed by atoms with van der Waals surface area (Å²) in [7, 11) is -1.78. The van der Waals surface area contributed by atoms with Crippen molar-refractivity contribution < 1.29 is 13.2 Å². The van der Waals surface area contributed by atoms with Crippen molar-refractivity contribution in [3.8, 4) is 0 Å². The molecule has 1 aromatic rings. The van der Waals surface area contributed by atoms with Gasteiger partial charge >= 0.3 is 0 Å². The molecule has 114 valence electrons. The number of nitrogens with one attached hydrogen (secondary N) is 2. The van der Waals surface area contributed by atoms with E-state index in [9.17, 15) is 8.42 Å². The number of hydrogen-bond donors (Lipinski definition) is 2. The fourth-order valence-corrected chi connectivity index (χ4v) is 3.83. The van der Waals surface area contributed by atoms with E-state index in [2.05, 4.69) is 17.2 Å². The summed E-state index contributed by atoms with van der Waals surface area (Å²) < 4.78 is 31.7. The lowest BCUT2D eigenvalue weighted by Gasteiger charge is -2.14. The molecule has 1 aromatic heterocycles. The van der Waals surface area contributed by atoms with Crippen molar-refractivity contribution in [2.45, 2.75) is 37.3 Å². The van der Waals surface area contributed by atoms with Gasteiger partial charge in [0.1, 0.15) is 0 Å². The SMILES string of the molecule is CCCNCc1cc(S(=O)(=O)N2CCC(OC)C2)c[nH]1. The van der Waals surface area contributed by atoms with Crippen LogP contribution in [0, 0.1) is 0 Å². The number of ether oxygens (including phenoxy) is 1. The van der Waals surface area contributed by atoms with Crippen molar-refractivity contribution >= 4 is 10.0 Å². The Balaban J connectivity index is 2.03. The van der Waals surface area contributed by atoms with Crippen LogP contribution >= 0.6 is 0 Å². The molecule has 0 amide bonds. The summed E-state index contributed by atoms with van der Waals surface area (Å²) in [5, 5.41) is 3.24. The van der Waals surface area contributed by atoms with Gasteiger partial charge < -0.3 is 15.0 Å². The van der Waals surface area contributed by atoms with E-state index in [-0.39, 0.29) is 6.10 Å². The molecule has 1 aliphatic heterocycles. The largest absolute Gasteiger partial charge is 0.380 e. The number of H-pyrrole nitrogens is 1. The number of aromatic amines is 1. The van der Waals surface area contributed by atoms with Crippen molar-refractivity contribution in [2.75, 3.05) is 26.7 Å². The van der Waals surface area contributed by atoms with Gasteiger partial charge in [0, 0.05) is 38.6 Å². The molecule has 0 aromatic carbocycles. The number of aromatic nitrogens is 1. The normalized spacial score (nSPS) is 20.6. The maximum Gasteiger partial charge on any atom is 0.244 e. The van der Waals surface area contributed by atoms with E-state index < -0.39 is 10.0 Å². The van der Waals surface area contributed by atoms with Gasteiger partial charge in [-0.2, -0.15) is 4.31 Å². The fraction of sp³-hybridized carbons (Fsp3) is 0.692. The molecule has 0 bridgehead atoms. The van der Waals surface area contributed by atoms with E-state index in [4.69, 9.17) is 4.74 Å². The molecule has 7 heteroatoms. The van der Waals surface area contributed by atoms with Crippen LogP contribution in [0.3, 0.4) is 0 Å². The zero-order chi connectivity index (χ0) is 14.6. The fourth-order valence-electron chi connectivity index (χ4n) is 2.33. The van der Waals surface area contributed by atoms with Gasteiger partial charge in [-0.3, -0.25) is 0 Å². The first-order chi connectivity index (χ1) is 9.57. The minimum Gasteiger partial charge on any atom is -0.380 e. The summed E-state index contributed by atoms with van der Waals surface area (Å²) in [6.07, 6.45) is 3.39. The summed E-state index contributed by atoms with van der Waals surface area (Å²) in [4.78, 5) is 3.36. The first kappa shape index (κ1) is 15.5. The number of hydrogen-bond acceptors (Lipinski definition) is 4. The molecule has 2 heterocycles. The van der Waals surface area contributed by atoms with Gasteiger partial charge in [0.2, 0.25) is 10.0 Å². The Morgan fingerprint density at radius 1 is 1.55 bits per heavy atom. The molecule has 2 N–H and O–H groups in total. The van der Waals surface area contributed by atoms with Gasteiger partial charge in [-0.1, -0.05) is 6.92 Å². The molecule has 20 heavy (non-hydrogen) atoms. The molecule has 0 radical (unpaired) electrons. The highest BCUT2D eigenvalue weighted by Gasteiger charge is 2.33. The van der Waals surface area contributed by atoms with E-state index in [0.717, 1.165) is 25.1 Å². The van der Waals surface area contributed by atoms with E-state index in [1.807, 2.05) is 0 Å². The van der Waals surface area contributed by atoms with Crippen molar-refractivity contribution in [3.63, 3.8) is 0 Å². The second kappa shape index (κ2) is 6.71. The Kier molecular flexibility index (Phi) is 5.20. The quantitative estimate of drug-likeness (QED) is 0.735. The second-order valence-electron chi connectivity index (χ2n) is 5.05. The minimum absolute atomic E-state index is 0.00871. The van der Waals surface area contributed by atoms with Crippen LogP contribution in [0.4, 0.5) is 0 Å². The van der Waals surface area contributed by atoms with Crippen LogP contribution in [0.25, 0.3) is 0 Å². The standard InChI is InChI=1S/C13H23N3O3S/c1-3-5-14-8-11-7-13(9-15-11)20(17,18)16-6-4-12(10-16)19-2/h7,9,12,14-15H,3-6,8,10H2,1-2H3. The average molecular weight is 301 g/mol. The third-order valence-corrected chi connectivity index (χ3v) is 5.38. The average Bonchev–Trinajstić information content (AvgIpc) is 3.08.